The highest BCUT2D eigenvalue weighted by Crippen LogP contribution is 2.49. The normalized spacial score (nSPS) is 28.1. The monoisotopic (exact) mass is 194 g/mol. The van der Waals surface area contributed by atoms with Crippen molar-refractivity contribution in [3.8, 4) is 0 Å². The van der Waals surface area contributed by atoms with Crippen molar-refractivity contribution in [1.82, 2.24) is 0 Å². The summed E-state index contributed by atoms with van der Waals surface area (Å²) in [4.78, 5) is 0. The van der Waals surface area contributed by atoms with Crippen LogP contribution in [0.2, 0.25) is 0 Å². The summed E-state index contributed by atoms with van der Waals surface area (Å²) in [5, 5.41) is 0. The average molecular weight is 194 g/mol. The molecule has 1 aliphatic carbocycles. The molecule has 0 nitrogen and oxygen atoms in total. The van der Waals surface area contributed by atoms with Crippen LogP contribution in [0, 0.1) is 16.7 Å². The van der Waals surface area contributed by atoms with Crippen molar-refractivity contribution >= 4 is 0 Å². The van der Waals surface area contributed by atoms with Gasteiger partial charge in [0, 0.05) is 0 Å². The zero-order chi connectivity index (χ0) is 11.1. The fourth-order valence-electron chi connectivity index (χ4n) is 3.31. The highest BCUT2D eigenvalue weighted by atomic mass is 14.4. The van der Waals surface area contributed by atoms with Gasteiger partial charge in [0.05, 0.1) is 0 Å². The Morgan fingerprint density at radius 1 is 1.21 bits per heavy atom. The third kappa shape index (κ3) is 2.04. The molecule has 0 saturated carbocycles. The second-order valence-electron chi connectivity index (χ2n) is 6.63. The molecule has 82 valence electrons. The average Bonchev–Trinajstić information content (AvgIpc) is 1.94. The predicted molar refractivity (Wildman–Crippen MR) is 64.3 cm³/mol. The molecule has 0 aromatic rings. The van der Waals surface area contributed by atoms with Crippen LogP contribution in [0.5, 0.6) is 0 Å². The first-order valence-electron chi connectivity index (χ1n) is 5.88. The van der Waals surface area contributed by atoms with Crippen molar-refractivity contribution in [1.29, 1.82) is 0 Å². The Morgan fingerprint density at radius 3 is 2.07 bits per heavy atom. The van der Waals surface area contributed by atoms with Gasteiger partial charge in [0.25, 0.3) is 0 Å². The van der Waals surface area contributed by atoms with Gasteiger partial charge in [0.15, 0.2) is 0 Å². The third-order valence-electron chi connectivity index (χ3n) is 3.76. The fraction of sp³-hybridized carbons (Fsp3) is 0.857. The van der Waals surface area contributed by atoms with Gasteiger partial charge in [-0.25, -0.2) is 0 Å². The number of allylic oxidation sites excluding steroid dienone is 2. The van der Waals surface area contributed by atoms with Crippen molar-refractivity contribution in [2.45, 2.75) is 61.3 Å². The molecule has 1 unspecified atom stereocenters. The van der Waals surface area contributed by atoms with E-state index in [1.54, 1.807) is 11.1 Å². The SMILES string of the molecule is CC1=C(C(C)(C)C)C(C)(C)CCC1C. The number of hydrogen-bond donors (Lipinski definition) is 0. The largest absolute Gasteiger partial charge is 0.0702 e. The van der Waals surface area contributed by atoms with Crippen molar-refractivity contribution in [3.63, 3.8) is 0 Å². The first-order valence-corrected chi connectivity index (χ1v) is 5.88. The van der Waals surface area contributed by atoms with Gasteiger partial charge in [0.2, 0.25) is 0 Å². The Bertz CT molecular complexity index is 248. The molecule has 0 heteroatoms. The van der Waals surface area contributed by atoms with E-state index in [0.717, 1.165) is 5.92 Å². The molecule has 1 rings (SSSR count). The van der Waals surface area contributed by atoms with Crippen LogP contribution in [-0.2, 0) is 0 Å². The lowest BCUT2D eigenvalue weighted by atomic mass is 9.61. The molecule has 1 atom stereocenters. The van der Waals surface area contributed by atoms with Crippen LogP contribution in [0.3, 0.4) is 0 Å². The molecule has 0 amide bonds. The fourth-order valence-corrected chi connectivity index (χ4v) is 3.31. The standard InChI is InChI=1S/C14H26/c1-10-8-9-14(6,7)12(11(10)2)13(3,4)5/h10H,8-9H2,1-7H3. The van der Waals surface area contributed by atoms with E-state index in [1.165, 1.54) is 12.8 Å². The molecule has 0 N–H and O–H groups in total. The highest BCUT2D eigenvalue weighted by Gasteiger charge is 2.37. The lowest BCUT2D eigenvalue weighted by Crippen LogP contribution is -2.31. The van der Waals surface area contributed by atoms with E-state index in [0.29, 0.717) is 10.8 Å². The zero-order valence-corrected chi connectivity index (χ0v) is 11.0. The van der Waals surface area contributed by atoms with Gasteiger partial charge < -0.3 is 0 Å². The molecular formula is C14H26. The van der Waals surface area contributed by atoms with E-state index in [-0.39, 0.29) is 0 Å². The van der Waals surface area contributed by atoms with Crippen molar-refractivity contribution in [2.75, 3.05) is 0 Å². The minimum atomic E-state index is 0.336. The van der Waals surface area contributed by atoms with Crippen LogP contribution in [-0.4, -0.2) is 0 Å². The van der Waals surface area contributed by atoms with Gasteiger partial charge in [-0.15, -0.1) is 0 Å². The van der Waals surface area contributed by atoms with Gasteiger partial charge in [-0.2, -0.15) is 0 Å². The maximum absolute atomic E-state index is 2.41. The van der Waals surface area contributed by atoms with Crippen LogP contribution in [0.4, 0.5) is 0 Å². The predicted octanol–water partition coefficient (Wildman–Crippen LogP) is 4.81. The molecule has 0 fully saturated rings. The minimum Gasteiger partial charge on any atom is -0.0702 e. The van der Waals surface area contributed by atoms with Crippen LogP contribution >= 0.6 is 0 Å². The molecule has 0 heterocycles. The van der Waals surface area contributed by atoms with Crippen LogP contribution in [0.15, 0.2) is 11.1 Å². The molecule has 0 aliphatic heterocycles. The van der Waals surface area contributed by atoms with Crippen LogP contribution < -0.4 is 0 Å². The van der Waals surface area contributed by atoms with E-state index in [1.807, 2.05) is 0 Å². The van der Waals surface area contributed by atoms with E-state index in [2.05, 4.69) is 48.5 Å². The van der Waals surface area contributed by atoms with E-state index in [9.17, 15) is 0 Å². The number of hydrogen-bond acceptors (Lipinski definition) is 0. The van der Waals surface area contributed by atoms with Crippen LogP contribution in [0.1, 0.15) is 61.3 Å². The second-order valence-corrected chi connectivity index (χ2v) is 6.63. The summed E-state index contributed by atoms with van der Waals surface area (Å²) in [5.74, 6) is 0.789. The van der Waals surface area contributed by atoms with Gasteiger partial charge >= 0.3 is 0 Å². The van der Waals surface area contributed by atoms with E-state index >= 15 is 0 Å². The van der Waals surface area contributed by atoms with Crippen molar-refractivity contribution in [2.24, 2.45) is 16.7 Å². The summed E-state index contributed by atoms with van der Waals surface area (Å²) in [7, 11) is 0. The minimum absolute atomic E-state index is 0.336. The maximum atomic E-state index is 2.41. The Labute approximate surface area is 89.8 Å². The van der Waals surface area contributed by atoms with Gasteiger partial charge in [-0.3, -0.25) is 0 Å². The molecule has 1 aliphatic rings. The Kier molecular flexibility index (Phi) is 2.87. The molecular weight excluding hydrogens is 168 g/mol. The first kappa shape index (κ1) is 11.8. The third-order valence-corrected chi connectivity index (χ3v) is 3.76. The molecule has 0 saturated heterocycles. The summed E-state index contributed by atoms with van der Waals surface area (Å²) in [5.41, 5.74) is 4.09. The van der Waals surface area contributed by atoms with Gasteiger partial charge in [-0.1, -0.05) is 52.7 Å². The second kappa shape index (κ2) is 3.40. The Balaban J connectivity index is 3.23. The van der Waals surface area contributed by atoms with Crippen molar-refractivity contribution in [3.05, 3.63) is 11.1 Å². The van der Waals surface area contributed by atoms with Crippen LogP contribution in [0.25, 0.3) is 0 Å². The lowest BCUT2D eigenvalue weighted by molar-refractivity contribution is 0.263. The molecule has 0 radical (unpaired) electrons. The summed E-state index contributed by atoms with van der Waals surface area (Å²) in [6.45, 7) is 16.6. The topological polar surface area (TPSA) is 0 Å². The molecule has 0 bridgehead atoms. The van der Waals surface area contributed by atoms with Gasteiger partial charge in [-0.05, 0) is 36.5 Å². The maximum Gasteiger partial charge on any atom is -0.0137 e. The number of rotatable bonds is 0. The van der Waals surface area contributed by atoms with E-state index < -0.39 is 0 Å². The van der Waals surface area contributed by atoms with Crippen molar-refractivity contribution < 1.29 is 0 Å². The van der Waals surface area contributed by atoms with E-state index in [4.69, 9.17) is 0 Å². The molecule has 14 heavy (non-hydrogen) atoms. The highest BCUT2D eigenvalue weighted by molar-refractivity contribution is 5.29. The summed E-state index contributed by atoms with van der Waals surface area (Å²) in [6, 6.07) is 0. The van der Waals surface area contributed by atoms with Gasteiger partial charge in [0.1, 0.15) is 0 Å². The summed E-state index contributed by atoms with van der Waals surface area (Å²) < 4.78 is 0. The Morgan fingerprint density at radius 2 is 1.71 bits per heavy atom. The quantitative estimate of drug-likeness (QED) is 0.486. The molecule has 0 aromatic heterocycles. The smallest absolute Gasteiger partial charge is 0.0137 e. The lowest BCUT2D eigenvalue weighted by Gasteiger charge is -2.44. The Hall–Kier alpha value is -0.260. The summed E-state index contributed by atoms with van der Waals surface area (Å²) >= 11 is 0. The zero-order valence-electron chi connectivity index (χ0n) is 11.0. The molecule has 0 spiro atoms. The first-order chi connectivity index (χ1) is 6.16. The summed E-state index contributed by atoms with van der Waals surface area (Å²) in [6.07, 6.45) is 2.70. The molecule has 0 aromatic carbocycles.